The molecule has 0 aromatic heterocycles. The smallest absolute Gasteiger partial charge is 0.219 e. The predicted octanol–water partition coefficient (Wildman–Crippen LogP) is 4.78. The van der Waals surface area contributed by atoms with Gasteiger partial charge in [0.1, 0.15) is 6.29 Å². The van der Waals surface area contributed by atoms with Crippen LogP contribution in [-0.2, 0) is 9.59 Å². The first-order valence-corrected chi connectivity index (χ1v) is 9.01. The lowest BCUT2D eigenvalue weighted by Gasteiger charge is -2.05. The molecule has 0 aliphatic carbocycles. The van der Waals surface area contributed by atoms with Gasteiger partial charge in [-0.3, -0.25) is 4.79 Å². The van der Waals surface area contributed by atoms with E-state index in [1.165, 1.54) is 38.5 Å². The van der Waals surface area contributed by atoms with Crippen LogP contribution in [-0.4, -0.2) is 18.7 Å². The van der Waals surface area contributed by atoms with Crippen LogP contribution in [0.15, 0.2) is 0 Å². The lowest BCUT2D eigenvalue weighted by molar-refractivity contribution is -0.121. The minimum Gasteiger partial charge on any atom is -0.356 e. The van der Waals surface area contributed by atoms with E-state index in [0.29, 0.717) is 12.8 Å². The summed E-state index contributed by atoms with van der Waals surface area (Å²) in [6, 6.07) is 0. The Morgan fingerprint density at radius 2 is 1.38 bits per heavy atom. The van der Waals surface area contributed by atoms with Crippen LogP contribution in [0.1, 0.15) is 96.8 Å². The molecule has 0 saturated heterocycles. The number of aldehydes is 1. The second kappa shape index (κ2) is 17.2. The van der Waals surface area contributed by atoms with Crippen molar-refractivity contribution in [2.45, 2.75) is 96.8 Å². The highest BCUT2D eigenvalue weighted by molar-refractivity contribution is 5.75. The van der Waals surface area contributed by atoms with Crippen molar-refractivity contribution in [3.8, 4) is 0 Å². The van der Waals surface area contributed by atoms with Crippen molar-refractivity contribution < 1.29 is 9.59 Å². The fraction of sp³-hybridized carbons (Fsp3) is 0.889. The molecule has 0 fully saturated rings. The van der Waals surface area contributed by atoms with E-state index in [1.807, 2.05) is 0 Å². The Morgan fingerprint density at radius 3 is 2.05 bits per heavy atom. The molecule has 1 N–H and O–H groups in total. The van der Waals surface area contributed by atoms with Crippen molar-refractivity contribution in [1.82, 2.24) is 5.32 Å². The van der Waals surface area contributed by atoms with Gasteiger partial charge in [-0.05, 0) is 19.3 Å². The number of amides is 1. The van der Waals surface area contributed by atoms with Gasteiger partial charge in [0.15, 0.2) is 0 Å². The largest absolute Gasteiger partial charge is 0.356 e. The third-order valence-corrected chi connectivity index (χ3v) is 3.83. The summed E-state index contributed by atoms with van der Waals surface area (Å²) in [6.07, 6.45) is 16.6. The quantitative estimate of drug-likeness (QED) is 0.329. The minimum atomic E-state index is 0.203. The van der Waals surface area contributed by atoms with E-state index in [0.717, 1.165) is 51.4 Å². The molecule has 21 heavy (non-hydrogen) atoms. The van der Waals surface area contributed by atoms with Crippen LogP contribution >= 0.6 is 0 Å². The molecule has 124 valence electrons. The molecule has 0 saturated carbocycles. The SMILES string of the molecule is CCCCCCCCCNC(=O)CCCCCCCC=O. The minimum absolute atomic E-state index is 0.203. The Balaban J connectivity index is 3.14. The Bertz CT molecular complexity index is 241. The number of carbonyl (C=O) groups excluding carboxylic acids is 2. The summed E-state index contributed by atoms with van der Waals surface area (Å²) in [5.74, 6) is 0.203. The van der Waals surface area contributed by atoms with Crippen molar-refractivity contribution in [1.29, 1.82) is 0 Å². The van der Waals surface area contributed by atoms with Gasteiger partial charge < -0.3 is 10.1 Å². The third-order valence-electron chi connectivity index (χ3n) is 3.83. The highest BCUT2D eigenvalue weighted by Gasteiger charge is 2.00. The monoisotopic (exact) mass is 297 g/mol. The molecule has 0 unspecified atom stereocenters. The molecule has 0 aromatic rings. The van der Waals surface area contributed by atoms with Gasteiger partial charge >= 0.3 is 0 Å². The van der Waals surface area contributed by atoms with E-state index < -0.39 is 0 Å². The number of carbonyl (C=O) groups is 2. The summed E-state index contributed by atoms with van der Waals surface area (Å²) in [5, 5.41) is 3.01. The van der Waals surface area contributed by atoms with Gasteiger partial charge in [0.2, 0.25) is 5.91 Å². The number of nitrogens with one attached hydrogen (secondary N) is 1. The van der Waals surface area contributed by atoms with E-state index in [4.69, 9.17) is 0 Å². The molecule has 0 bridgehead atoms. The standard InChI is InChI=1S/C18H35NO2/c1-2-3-4-5-7-10-13-16-19-18(21)15-12-9-6-8-11-14-17-20/h17H,2-16H2,1H3,(H,19,21). The molecule has 0 aromatic carbocycles. The Labute approximate surface area is 131 Å². The summed E-state index contributed by atoms with van der Waals surface area (Å²) in [7, 11) is 0. The van der Waals surface area contributed by atoms with Gasteiger partial charge in [-0.2, -0.15) is 0 Å². The van der Waals surface area contributed by atoms with Crippen LogP contribution in [0.4, 0.5) is 0 Å². The third kappa shape index (κ3) is 17.1. The summed E-state index contributed by atoms with van der Waals surface area (Å²) >= 11 is 0. The summed E-state index contributed by atoms with van der Waals surface area (Å²) in [6.45, 7) is 3.08. The average molecular weight is 297 g/mol. The fourth-order valence-corrected chi connectivity index (χ4v) is 2.44. The lowest BCUT2D eigenvalue weighted by atomic mass is 10.1. The van der Waals surface area contributed by atoms with Crippen molar-refractivity contribution in [3.05, 3.63) is 0 Å². The van der Waals surface area contributed by atoms with E-state index in [1.54, 1.807) is 0 Å². The molecule has 1 amide bonds. The van der Waals surface area contributed by atoms with Crippen molar-refractivity contribution in [2.75, 3.05) is 6.54 Å². The molecule has 3 heteroatoms. The van der Waals surface area contributed by atoms with Gasteiger partial charge in [0.25, 0.3) is 0 Å². The zero-order valence-corrected chi connectivity index (χ0v) is 14.0. The summed E-state index contributed by atoms with van der Waals surface area (Å²) in [5.41, 5.74) is 0. The second-order valence-corrected chi connectivity index (χ2v) is 5.94. The molecular weight excluding hydrogens is 262 g/mol. The predicted molar refractivity (Wildman–Crippen MR) is 89.4 cm³/mol. The van der Waals surface area contributed by atoms with E-state index in [-0.39, 0.29) is 5.91 Å². The molecule has 3 nitrogen and oxygen atoms in total. The summed E-state index contributed by atoms with van der Waals surface area (Å²) in [4.78, 5) is 21.7. The maximum absolute atomic E-state index is 11.6. The van der Waals surface area contributed by atoms with Crippen molar-refractivity contribution >= 4 is 12.2 Å². The summed E-state index contributed by atoms with van der Waals surface area (Å²) < 4.78 is 0. The van der Waals surface area contributed by atoms with Crippen molar-refractivity contribution in [2.24, 2.45) is 0 Å². The first-order chi connectivity index (χ1) is 10.3. The van der Waals surface area contributed by atoms with Crippen molar-refractivity contribution in [3.63, 3.8) is 0 Å². The van der Waals surface area contributed by atoms with Crippen LogP contribution in [0.3, 0.4) is 0 Å². The highest BCUT2D eigenvalue weighted by atomic mass is 16.1. The van der Waals surface area contributed by atoms with Crippen LogP contribution in [0.25, 0.3) is 0 Å². The molecular formula is C18H35NO2. The Kier molecular flexibility index (Phi) is 16.5. The average Bonchev–Trinajstić information content (AvgIpc) is 2.49. The molecule has 0 radical (unpaired) electrons. The zero-order chi connectivity index (χ0) is 15.6. The van der Waals surface area contributed by atoms with E-state index in [9.17, 15) is 9.59 Å². The second-order valence-electron chi connectivity index (χ2n) is 5.94. The highest BCUT2D eigenvalue weighted by Crippen LogP contribution is 2.07. The number of unbranched alkanes of at least 4 members (excludes halogenated alkanes) is 11. The maximum Gasteiger partial charge on any atom is 0.219 e. The van der Waals surface area contributed by atoms with Crippen LogP contribution < -0.4 is 5.32 Å². The van der Waals surface area contributed by atoms with Gasteiger partial charge in [0, 0.05) is 19.4 Å². The van der Waals surface area contributed by atoms with Gasteiger partial charge in [0.05, 0.1) is 0 Å². The van der Waals surface area contributed by atoms with Crippen LogP contribution in [0.2, 0.25) is 0 Å². The molecule has 0 heterocycles. The number of rotatable bonds is 16. The Morgan fingerprint density at radius 1 is 0.810 bits per heavy atom. The number of hydrogen-bond donors (Lipinski definition) is 1. The van der Waals surface area contributed by atoms with E-state index >= 15 is 0 Å². The lowest BCUT2D eigenvalue weighted by Crippen LogP contribution is -2.23. The normalized spacial score (nSPS) is 10.5. The Hall–Kier alpha value is -0.860. The zero-order valence-electron chi connectivity index (χ0n) is 14.0. The van der Waals surface area contributed by atoms with E-state index in [2.05, 4.69) is 12.2 Å². The number of hydrogen-bond acceptors (Lipinski definition) is 2. The van der Waals surface area contributed by atoms with Crippen LogP contribution in [0.5, 0.6) is 0 Å². The van der Waals surface area contributed by atoms with Gasteiger partial charge in [-0.15, -0.1) is 0 Å². The molecule has 0 spiro atoms. The molecule has 0 rings (SSSR count). The van der Waals surface area contributed by atoms with Crippen LogP contribution in [0, 0.1) is 0 Å². The molecule has 0 atom stereocenters. The van der Waals surface area contributed by atoms with Gasteiger partial charge in [-0.1, -0.05) is 64.7 Å². The van der Waals surface area contributed by atoms with Gasteiger partial charge in [-0.25, -0.2) is 0 Å². The first kappa shape index (κ1) is 20.1. The maximum atomic E-state index is 11.6. The molecule has 0 aliphatic rings. The molecule has 0 aliphatic heterocycles. The topological polar surface area (TPSA) is 46.2 Å². The fourth-order valence-electron chi connectivity index (χ4n) is 2.44. The first-order valence-electron chi connectivity index (χ1n) is 9.01.